The van der Waals surface area contributed by atoms with Crippen molar-refractivity contribution in [3.8, 4) is 17.2 Å². The van der Waals surface area contributed by atoms with Crippen LogP contribution >= 0.6 is 0 Å². The van der Waals surface area contributed by atoms with E-state index in [0.717, 1.165) is 0 Å². The van der Waals surface area contributed by atoms with E-state index in [9.17, 15) is 0 Å². The molecule has 0 N–H and O–H groups in total. The highest BCUT2D eigenvalue weighted by atomic mass is 16.5. The first-order valence-electron chi connectivity index (χ1n) is 5.24. The predicted octanol–water partition coefficient (Wildman–Crippen LogP) is 2.02. The number of rotatable bonds is 3. The zero-order valence-corrected chi connectivity index (χ0v) is 7.88. The Balaban J connectivity index is 3.37. The van der Waals surface area contributed by atoms with Gasteiger partial charge in [-0.2, -0.15) is 0 Å². The molecule has 0 bridgehead atoms. The maximum Gasteiger partial charge on any atom is 0.203 e. The van der Waals surface area contributed by atoms with Gasteiger partial charge >= 0.3 is 0 Å². The molecule has 3 nitrogen and oxygen atoms in total. The van der Waals surface area contributed by atoms with E-state index in [0.29, 0.717) is 17.2 Å². The number of ether oxygens (including phenoxy) is 3. The molecule has 0 amide bonds. The van der Waals surface area contributed by atoms with Crippen LogP contribution in [0.2, 0.25) is 0 Å². The van der Waals surface area contributed by atoms with E-state index in [1.807, 2.05) is 0 Å². The zero-order valence-electron chi connectivity index (χ0n) is 10.9. The molecule has 0 saturated heterocycles. The molecule has 0 heterocycles. The second-order valence-electron chi connectivity index (χ2n) is 2.41. The highest BCUT2D eigenvalue weighted by Crippen LogP contribution is 2.37. The van der Waals surface area contributed by atoms with Gasteiger partial charge in [-0.3, -0.25) is 0 Å². The van der Waals surface area contributed by atoms with Crippen molar-refractivity contribution in [2.45, 2.75) is 6.85 Å². The standard InChI is InChI=1S/C10H14O3/c1-7-5-8(11-2)10(13-4)9(6-7)12-3/h5-6H,1-4H3/i1D3. The number of methoxy groups -OCH3 is 3. The number of aryl methyl sites for hydroxylation is 1. The third kappa shape index (κ3) is 1.86. The van der Waals surface area contributed by atoms with Gasteiger partial charge in [0, 0.05) is 4.11 Å². The van der Waals surface area contributed by atoms with Crippen LogP contribution in [0.1, 0.15) is 9.68 Å². The second-order valence-corrected chi connectivity index (χ2v) is 2.41. The van der Waals surface area contributed by atoms with Crippen LogP contribution in [0.3, 0.4) is 0 Å². The third-order valence-corrected chi connectivity index (χ3v) is 1.66. The van der Waals surface area contributed by atoms with Crippen LogP contribution in [0.15, 0.2) is 12.1 Å². The van der Waals surface area contributed by atoms with Crippen LogP contribution in [0.5, 0.6) is 17.2 Å². The molecule has 72 valence electrons. The molecule has 1 rings (SSSR count). The lowest BCUT2D eigenvalue weighted by molar-refractivity contribution is 0.324. The van der Waals surface area contributed by atoms with Crippen LogP contribution in [-0.4, -0.2) is 21.3 Å². The molecule has 1 aromatic carbocycles. The van der Waals surface area contributed by atoms with E-state index in [1.54, 1.807) is 0 Å². The molecule has 0 aliphatic carbocycles. The van der Waals surface area contributed by atoms with Gasteiger partial charge in [-0.25, -0.2) is 0 Å². The summed E-state index contributed by atoms with van der Waals surface area (Å²) in [7, 11) is 4.36. The predicted molar refractivity (Wildman–Crippen MR) is 50.8 cm³/mol. The van der Waals surface area contributed by atoms with Gasteiger partial charge in [-0.15, -0.1) is 0 Å². The highest BCUT2D eigenvalue weighted by Gasteiger charge is 2.10. The van der Waals surface area contributed by atoms with Crippen molar-refractivity contribution in [2.24, 2.45) is 0 Å². The third-order valence-electron chi connectivity index (χ3n) is 1.66. The van der Waals surface area contributed by atoms with Crippen molar-refractivity contribution in [2.75, 3.05) is 21.3 Å². The Morgan fingerprint density at radius 1 is 1.00 bits per heavy atom. The van der Waals surface area contributed by atoms with Crippen molar-refractivity contribution >= 4 is 0 Å². The summed E-state index contributed by atoms with van der Waals surface area (Å²) in [6, 6.07) is 2.85. The van der Waals surface area contributed by atoms with Crippen LogP contribution in [-0.2, 0) is 0 Å². The van der Waals surface area contributed by atoms with Crippen molar-refractivity contribution < 1.29 is 18.3 Å². The topological polar surface area (TPSA) is 27.7 Å². The molecular formula is C10H14O3. The normalized spacial score (nSPS) is 13.9. The SMILES string of the molecule is [2H]C([2H])([2H])c1cc(OC)c(OC)c(OC)c1. The Morgan fingerprint density at radius 3 is 1.85 bits per heavy atom. The molecule has 0 saturated carbocycles. The highest BCUT2D eigenvalue weighted by molar-refractivity contribution is 5.53. The van der Waals surface area contributed by atoms with E-state index in [-0.39, 0.29) is 5.56 Å². The second kappa shape index (κ2) is 4.03. The molecule has 13 heavy (non-hydrogen) atoms. The van der Waals surface area contributed by atoms with Gasteiger partial charge in [0.05, 0.1) is 21.3 Å². The minimum absolute atomic E-state index is 0.155. The Kier molecular flexibility index (Phi) is 1.90. The molecule has 0 fully saturated rings. The zero-order chi connectivity index (χ0) is 12.3. The summed E-state index contributed by atoms with van der Waals surface area (Å²) in [6.07, 6.45) is 0. The average Bonchev–Trinajstić information content (AvgIpc) is 2.25. The van der Waals surface area contributed by atoms with Crippen LogP contribution < -0.4 is 14.2 Å². The summed E-state index contributed by atoms with van der Waals surface area (Å²) in [6.45, 7) is -2.20. The number of hydrogen-bond acceptors (Lipinski definition) is 3. The van der Waals surface area contributed by atoms with Crippen molar-refractivity contribution in [3.63, 3.8) is 0 Å². The molecule has 0 unspecified atom stereocenters. The van der Waals surface area contributed by atoms with E-state index in [4.69, 9.17) is 18.3 Å². The monoisotopic (exact) mass is 185 g/mol. The summed E-state index contributed by atoms with van der Waals surface area (Å²) >= 11 is 0. The largest absolute Gasteiger partial charge is 0.493 e. The fourth-order valence-electron chi connectivity index (χ4n) is 1.08. The van der Waals surface area contributed by atoms with E-state index in [1.165, 1.54) is 33.5 Å². The summed E-state index contributed by atoms with van der Waals surface area (Å²) in [5.41, 5.74) is 0.155. The minimum atomic E-state index is -2.20. The molecule has 0 radical (unpaired) electrons. The van der Waals surface area contributed by atoms with Crippen molar-refractivity contribution in [1.82, 2.24) is 0 Å². The van der Waals surface area contributed by atoms with Crippen LogP contribution in [0.25, 0.3) is 0 Å². The van der Waals surface area contributed by atoms with Gasteiger partial charge in [0.15, 0.2) is 11.5 Å². The fraction of sp³-hybridized carbons (Fsp3) is 0.400. The summed E-state index contributed by atoms with van der Waals surface area (Å²) in [5.74, 6) is 1.07. The van der Waals surface area contributed by atoms with Crippen LogP contribution in [0, 0.1) is 6.85 Å². The first-order valence-corrected chi connectivity index (χ1v) is 3.74. The fourth-order valence-corrected chi connectivity index (χ4v) is 1.08. The molecule has 0 spiro atoms. The van der Waals surface area contributed by atoms with Crippen molar-refractivity contribution in [3.05, 3.63) is 17.7 Å². The Labute approximate surface area is 82.4 Å². The molecule has 0 atom stereocenters. The molecule has 0 aromatic heterocycles. The average molecular weight is 185 g/mol. The quantitative estimate of drug-likeness (QED) is 0.721. The molecular weight excluding hydrogens is 168 g/mol. The molecule has 3 heteroatoms. The lowest BCUT2D eigenvalue weighted by Crippen LogP contribution is -1.95. The first-order chi connectivity index (χ1) is 7.43. The molecule has 1 aromatic rings. The smallest absolute Gasteiger partial charge is 0.203 e. The first kappa shape index (κ1) is 6.13. The van der Waals surface area contributed by atoms with Gasteiger partial charge in [-0.05, 0) is 24.5 Å². The van der Waals surface area contributed by atoms with E-state index in [2.05, 4.69) is 0 Å². The van der Waals surface area contributed by atoms with Crippen molar-refractivity contribution in [1.29, 1.82) is 0 Å². The molecule has 0 aliphatic heterocycles. The maximum atomic E-state index is 7.33. The Hall–Kier alpha value is -1.38. The van der Waals surface area contributed by atoms with Gasteiger partial charge < -0.3 is 14.2 Å². The Morgan fingerprint density at radius 2 is 1.54 bits per heavy atom. The summed E-state index contributed by atoms with van der Waals surface area (Å²) in [5, 5.41) is 0. The van der Waals surface area contributed by atoms with E-state index < -0.39 is 6.85 Å². The number of benzene rings is 1. The summed E-state index contributed by atoms with van der Waals surface area (Å²) in [4.78, 5) is 0. The van der Waals surface area contributed by atoms with E-state index >= 15 is 0 Å². The van der Waals surface area contributed by atoms with Crippen LogP contribution in [0.4, 0.5) is 0 Å². The maximum absolute atomic E-state index is 7.33. The van der Waals surface area contributed by atoms with Gasteiger partial charge in [0.2, 0.25) is 5.75 Å². The Bertz CT molecular complexity index is 349. The van der Waals surface area contributed by atoms with Gasteiger partial charge in [0.1, 0.15) is 0 Å². The minimum Gasteiger partial charge on any atom is -0.493 e. The lowest BCUT2D eigenvalue weighted by Gasteiger charge is -2.12. The van der Waals surface area contributed by atoms with Gasteiger partial charge in [0.25, 0.3) is 0 Å². The molecule has 0 aliphatic rings. The summed E-state index contributed by atoms with van der Waals surface area (Å²) < 4.78 is 37.2. The van der Waals surface area contributed by atoms with Gasteiger partial charge in [-0.1, -0.05) is 0 Å². The number of hydrogen-bond donors (Lipinski definition) is 0. The lowest BCUT2D eigenvalue weighted by atomic mass is 10.2.